The van der Waals surface area contributed by atoms with Gasteiger partial charge in [0.1, 0.15) is 5.75 Å². The second-order valence-corrected chi connectivity index (χ2v) is 4.86. The molecule has 5 nitrogen and oxygen atoms in total. The molecule has 21 heavy (non-hydrogen) atoms. The van der Waals surface area contributed by atoms with Gasteiger partial charge in [-0.1, -0.05) is 12.2 Å². The maximum Gasteiger partial charge on any atom is 0.255 e. The maximum absolute atomic E-state index is 12.4. The van der Waals surface area contributed by atoms with Gasteiger partial charge in [0, 0.05) is 18.2 Å². The quantitative estimate of drug-likeness (QED) is 0.847. The lowest BCUT2D eigenvalue weighted by molar-refractivity contribution is 0.0931. The van der Waals surface area contributed by atoms with Crippen LogP contribution in [0.1, 0.15) is 29.6 Å². The standard InChI is InChI=1S/C16H21NO4/c1-19-13-10-15(21-3)14(20-2)9-12(13)16(18)17-11-7-5-4-6-8-11/h4-5,9-11H,6-8H2,1-3H3,(H,17,18). The number of ether oxygens (including phenoxy) is 3. The van der Waals surface area contributed by atoms with Gasteiger partial charge in [0.15, 0.2) is 11.5 Å². The topological polar surface area (TPSA) is 56.8 Å². The molecule has 5 heteroatoms. The van der Waals surface area contributed by atoms with Crippen LogP contribution >= 0.6 is 0 Å². The normalized spacial score (nSPS) is 17.2. The molecule has 1 aromatic rings. The van der Waals surface area contributed by atoms with Crippen LogP contribution in [0.5, 0.6) is 17.2 Å². The highest BCUT2D eigenvalue weighted by Crippen LogP contribution is 2.34. The van der Waals surface area contributed by atoms with E-state index in [1.54, 1.807) is 19.2 Å². The Morgan fingerprint density at radius 3 is 2.29 bits per heavy atom. The van der Waals surface area contributed by atoms with E-state index in [0.717, 1.165) is 19.3 Å². The minimum absolute atomic E-state index is 0.159. The van der Waals surface area contributed by atoms with Crippen LogP contribution in [-0.4, -0.2) is 33.3 Å². The number of carbonyl (C=O) groups excluding carboxylic acids is 1. The van der Waals surface area contributed by atoms with E-state index in [0.29, 0.717) is 22.8 Å². The van der Waals surface area contributed by atoms with Crippen LogP contribution in [0.15, 0.2) is 24.3 Å². The number of nitrogens with one attached hydrogen (secondary N) is 1. The molecule has 1 aromatic carbocycles. The first-order valence-electron chi connectivity index (χ1n) is 6.95. The molecule has 1 atom stereocenters. The number of hydrogen-bond acceptors (Lipinski definition) is 4. The van der Waals surface area contributed by atoms with Crippen molar-refractivity contribution in [2.75, 3.05) is 21.3 Å². The molecule has 0 aromatic heterocycles. The first-order valence-corrected chi connectivity index (χ1v) is 6.95. The summed E-state index contributed by atoms with van der Waals surface area (Å²) in [6, 6.07) is 3.47. The maximum atomic E-state index is 12.4. The van der Waals surface area contributed by atoms with Gasteiger partial charge in [0.2, 0.25) is 0 Å². The fourth-order valence-corrected chi connectivity index (χ4v) is 2.39. The van der Waals surface area contributed by atoms with E-state index in [2.05, 4.69) is 17.5 Å². The Hall–Kier alpha value is -2.17. The lowest BCUT2D eigenvalue weighted by Crippen LogP contribution is -2.35. The van der Waals surface area contributed by atoms with Gasteiger partial charge < -0.3 is 19.5 Å². The number of rotatable bonds is 5. The molecule has 0 saturated carbocycles. The van der Waals surface area contributed by atoms with Crippen molar-refractivity contribution in [1.29, 1.82) is 0 Å². The molecule has 0 heterocycles. The minimum Gasteiger partial charge on any atom is -0.496 e. The van der Waals surface area contributed by atoms with Crippen molar-refractivity contribution in [3.05, 3.63) is 29.8 Å². The van der Waals surface area contributed by atoms with Crippen LogP contribution in [0.2, 0.25) is 0 Å². The lowest BCUT2D eigenvalue weighted by Gasteiger charge is -2.20. The zero-order valence-corrected chi connectivity index (χ0v) is 12.6. The predicted octanol–water partition coefficient (Wildman–Crippen LogP) is 2.55. The average molecular weight is 291 g/mol. The van der Waals surface area contributed by atoms with Crippen LogP contribution in [0, 0.1) is 0 Å². The summed E-state index contributed by atoms with van der Waals surface area (Å²) < 4.78 is 15.7. The monoisotopic (exact) mass is 291 g/mol. The summed E-state index contributed by atoms with van der Waals surface area (Å²) in [5.74, 6) is 1.35. The summed E-state index contributed by atoms with van der Waals surface area (Å²) in [6.07, 6.45) is 7.05. The Morgan fingerprint density at radius 1 is 1.05 bits per heavy atom. The summed E-state index contributed by atoms with van der Waals surface area (Å²) in [5, 5.41) is 3.03. The van der Waals surface area contributed by atoms with Crippen LogP contribution in [0.25, 0.3) is 0 Å². The number of hydrogen-bond donors (Lipinski definition) is 1. The number of carbonyl (C=O) groups is 1. The fourth-order valence-electron chi connectivity index (χ4n) is 2.39. The third-order valence-electron chi connectivity index (χ3n) is 3.55. The van der Waals surface area contributed by atoms with E-state index in [9.17, 15) is 4.79 Å². The smallest absolute Gasteiger partial charge is 0.255 e. The summed E-state index contributed by atoms with van der Waals surface area (Å²) in [7, 11) is 4.62. The second-order valence-electron chi connectivity index (χ2n) is 4.86. The minimum atomic E-state index is -0.159. The van der Waals surface area contributed by atoms with E-state index in [4.69, 9.17) is 14.2 Å². The summed E-state index contributed by atoms with van der Waals surface area (Å²) in [4.78, 5) is 12.4. The molecule has 0 radical (unpaired) electrons. The molecule has 1 aliphatic carbocycles. The summed E-state index contributed by atoms with van der Waals surface area (Å²) in [6.45, 7) is 0. The van der Waals surface area contributed by atoms with Crippen molar-refractivity contribution < 1.29 is 19.0 Å². The third kappa shape index (κ3) is 3.48. The van der Waals surface area contributed by atoms with Crippen molar-refractivity contribution in [1.82, 2.24) is 5.32 Å². The van der Waals surface area contributed by atoms with E-state index in [1.807, 2.05) is 0 Å². The van der Waals surface area contributed by atoms with E-state index in [-0.39, 0.29) is 11.9 Å². The zero-order chi connectivity index (χ0) is 15.2. The van der Waals surface area contributed by atoms with Gasteiger partial charge in [-0.3, -0.25) is 4.79 Å². The van der Waals surface area contributed by atoms with Crippen molar-refractivity contribution in [3.63, 3.8) is 0 Å². The van der Waals surface area contributed by atoms with Crippen molar-refractivity contribution >= 4 is 5.91 Å². The largest absolute Gasteiger partial charge is 0.496 e. The van der Waals surface area contributed by atoms with E-state index >= 15 is 0 Å². The van der Waals surface area contributed by atoms with Gasteiger partial charge in [-0.15, -0.1) is 0 Å². The molecule has 1 aliphatic rings. The predicted molar refractivity (Wildman–Crippen MR) is 80.3 cm³/mol. The Morgan fingerprint density at radius 2 is 1.71 bits per heavy atom. The lowest BCUT2D eigenvalue weighted by atomic mass is 10.0. The molecule has 0 fully saturated rings. The van der Waals surface area contributed by atoms with Crippen LogP contribution in [-0.2, 0) is 0 Å². The fraction of sp³-hybridized carbons (Fsp3) is 0.438. The molecule has 1 amide bonds. The number of benzene rings is 1. The Balaban J connectivity index is 2.24. The van der Waals surface area contributed by atoms with E-state index < -0.39 is 0 Å². The molecule has 0 aliphatic heterocycles. The molecule has 114 valence electrons. The molecule has 2 rings (SSSR count). The van der Waals surface area contributed by atoms with Crippen molar-refractivity contribution in [3.8, 4) is 17.2 Å². The summed E-state index contributed by atoms with van der Waals surface area (Å²) in [5.41, 5.74) is 0.449. The SMILES string of the molecule is COc1cc(OC)c(C(=O)NC2CC=CCC2)cc1OC. The Kier molecular flexibility index (Phi) is 5.09. The first kappa shape index (κ1) is 15.2. The highest BCUT2D eigenvalue weighted by molar-refractivity contribution is 5.98. The highest BCUT2D eigenvalue weighted by atomic mass is 16.5. The summed E-state index contributed by atoms with van der Waals surface area (Å²) >= 11 is 0. The van der Waals surface area contributed by atoms with Gasteiger partial charge in [-0.25, -0.2) is 0 Å². The van der Waals surface area contributed by atoms with Crippen LogP contribution < -0.4 is 19.5 Å². The van der Waals surface area contributed by atoms with Gasteiger partial charge in [0.25, 0.3) is 5.91 Å². The van der Waals surface area contributed by atoms with Crippen molar-refractivity contribution in [2.45, 2.75) is 25.3 Å². The average Bonchev–Trinajstić information content (AvgIpc) is 2.54. The van der Waals surface area contributed by atoms with Gasteiger partial charge in [-0.2, -0.15) is 0 Å². The van der Waals surface area contributed by atoms with E-state index in [1.165, 1.54) is 14.2 Å². The zero-order valence-electron chi connectivity index (χ0n) is 12.6. The number of allylic oxidation sites excluding steroid dienone is 1. The molecular weight excluding hydrogens is 270 g/mol. The molecule has 0 saturated heterocycles. The van der Waals surface area contributed by atoms with Crippen molar-refractivity contribution in [2.24, 2.45) is 0 Å². The second kappa shape index (κ2) is 7.02. The molecule has 0 spiro atoms. The van der Waals surface area contributed by atoms with Crippen LogP contribution in [0.4, 0.5) is 0 Å². The van der Waals surface area contributed by atoms with Gasteiger partial charge in [0.05, 0.1) is 26.9 Å². The van der Waals surface area contributed by atoms with Gasteiger partial charge >= 0.3 is 0 Å². The highest BCUT2D eigenvalue weighted by Gasteiger charge is 2.20. The first-order chi connectivity index (χ1) is 10.2. The molecule has 1 N–H and O–H groups in total. The Labute approximate surface area is 124 Å². The third-order valence-corrected chi connectivity index (χ3v) is 3.55. The number of amides is 1. The molecule has 0 bridgehead atoms. The van der Waals surface area contributed by atoms with Gasteiger partial charge in [-0.05, 0) is 19.3 Å². The Bertz CT molecular complexity index is 539. The van der Waals surface area contributed by atoms with Crippen LogP contribution in [0.3, 0.4) is 0 Å². The molecular formula is C16H21NO4. The number of methoxy groups -OCH3 is 3. The molecule has 1 unspecified atom stereocenters.